The van der Waals surface area contributed by atoms with Gasteiger partial charge < -0.3 is 19.9 Å². The van der Waals surface area contributed by atoms with Gasteiger partial charge in [0.15, 0.2) is 0 Å². The molecule has 3 aliphatic rings. The monoisotopic (exact) mass is 428 g/mol. The van der Waals surface area contributed by atoms with Crippen LogP contribution in [0.1, 0.15) is 11.1 Å². The molecule has 6 rings (SSSR count). The highest BCUT2D eigenvalue weighted by molar-refractivity contribution is 5.93. The van der Waals surface area contributed by atoms with Gasteiger partial charge in [0.2, 0.25) is 11.8 Å². The number of carbonyl (C=O) groups is 2. The SMILES string of the molecule is O=C(NCCc1c[nH]c2ccccc12)C1C2C(=O)N(Cc3ccncc3)CC23C=C[C@H]1O3. The molecule has 2 bridgehead atoms. The third-order valence-electron chi connectivity index (χ3n) is 6.97. The maximum Gasteiger partial charge on any atom is 0.230 e. The summed E-state index contributed by atoms with van der Waals surface area (Å²) in [7, 11) is 0. The van der Waals surface area contributed by atoms with Gasteiger partial charge in [0.1, 0.15) is 5.60 Å². The molecule has 2 aromatic heterocycles. The lowest BCUT2D eigenvalue weighted by atomic mass is 9.77. The number of nitrogens with zero attached hydrogens (tertiary/aromatic N) is 2. The molecule has 2 N–H and O–H groups in total. The molecule has 1 spiro atoms. The standard InChI is InChI=1S/C25H24N4O3/c30-23(27-12-8-17-13-28-19-4-2-1-3-18(17)19)21-20-5-9-25(32-20)15-29(24(31)22(21)25)14-16-6-10-26-11-7-16/h1-7,9-11,13,20-22,28H,8,12,14-15H2,(H,27,30)/t20-,21?,22?,25?/m1/s1. The lowest BCUT2D eigenvalue weighted by Gasteiger charge is -2.23. The summed E-state index contributed by atoms with van der Waals surface area (Å²) in [6, 6.07) is 11.9. The normalized spacial score (nSPS) is 27.9. The lowest BCUT2D eigenvalue weighted by molar-refractivity contribution is -0.137. The Morgan fingerprint density at radius 1 is 1.25 bits per heavy atom. The zero-order valence-corrected chi connectivity index (χ0v) is 17.5. The van der Waals surface area contributed by atoms with Crippen LogP contribution in [-0.4, -0.2) is 51.5 Å². The third kappa shape index (κ3) is 2.96. The van der Waals surface area contributed by atoms with Gasteiger partial charge in [-0.3, -0.25) is 14.6 Å². The van der Waals surface area contributed by atoms with E-state index in [1.165, 1.54) is 10.9 Å². The maximum atomic E-state index is 13.3. The van der Waals surface area contributed by atoms with Gasteiger partial charge in [-0.05, 0) is 35.7 Å². The Hall–Kier alpha value is -3.45. The van der Waals surface area contributed by atoms with Crippen molar-refractivity contribution in [1.29, 1.82) is 0 Å². The highest BCUT2D eigenvalue weighted by Gasteiger charge is 2.66. The Bertz CT molecular complexity index is 1220. The van der Waals surface area contributed by atoms with E-state index in [-0.39, 0.29) is 17.9 Å². The second-order valence-corrected chi connectivity index (χ2v) is 8.85. The molecule has 0 saturated carbocycles. The van der Waals surface area contributed by atoms with Crippen LogP contribution in [0.5, 0.6) is 0 Å². The summed E-state index contributed by atoms with van der Waals surface area (Å²) in [6.45, 7) is 1.49. The first kappa shape index (κ1) is 19.3. The smallest absolute Gasteiger partial charge is 0.230 e. The Morgan fingerprint density at radius 3 is 2.97 bits per heavy atom. The molecule has 2 fully saturated rings. The Kier molecular flexibility index (Phi) is 4.40. The molecule has 4 atom stereocenters. The first-order chi connectivity index (χ1) is 15.6. The molecule has 0 aliphatic carbocycles. The van der Waals surface area contributed by atoms with Crippen molar-refractivity contribution in [2.75, 3.05) is 13.1 Å². The Labute approximate surface area is 185 Å². The Morgan fingerprint density at radius 2 is 2.09 bits per heavy atom. The number of nitrogens with one attached hydrogen (secondary N) is 2. The fourth-order valence-electron chi connectivity index (χ4n) is 5.50. The topological polar surface area (TPSA) is 87.3 Å². The van der Waals surface area contributed by atoms with Gasteiger partial charge in [-0.25, -0.2) is 0 Å². The number of rotatable bonds is 6. The number of benzene rings is 1. The van der Waals surface area contributed by atoms with E-state index >= 15 is 0 Å². The van der Waals surface area contributed by atoms with Crippen LogP contribution in [0.3, 0.4) is 0 Å². The number of aromatic amines is 1. The van der Waals surface area contributed by atoms with E-state index in [2.05, 4.69) is 21.4 Å². The molecular weight excluding hydrogens is 404 g/mol. The number of ether oxygens (including phenoxy) is 1. The Balaban J connectivity index is 1.15. The molecule has 3 aliphatic heterocycles. The molecule has 162 valence electrons. The van der Waals surface area contributed by atoms with Crippen molar-refractivity contribution in [3.05, 3.63) is 78.3 Å². The third-order valence-corrected chi connectivity index (χ3v) is 6.97. The van der Waals surface area contributed by atoms with Crippen LogP contribution in [0.15, 0.2) is 67.1 Å². The second kappa shape index (κ2) is 7.31. The summed E-state index contributed by atoms with van der Waals surface area (Å²) in [5.74, 6) is -1.07. The fraction of sp³-hybridized carbons (Fsp3) is 0.320. The molecule has 3 aromatic rings. The van der Waals surface area contributed by atoms with Gasteiger partial charge in [0.25, 0.3) is 0 Å². The van der Waals surface area contributed by atoms with E-state index < -0.39 is 17.4 Å². The highest BCUT2D eigenvalue weighted by atomic mass is 16.5. The minimum Gasteiger partial charge on any atom is -0.361 e. The quantitative estimate of drug-likeness (QED) is 0.590. The van der Waals surface area contributed by atoms with Crippen molar-refractivity contribution in [3.63, 3.8) is 0 Å². The van der Waals surface area contributed by atoms with Gasteiger partial charge >= 0.3 is 0 Å². The van der Waals surface area contributed by atoms with Gasteiger partial charge in [-0.1, -0.05) is 30.4 Å². The van der Waals surface area contributed by atoms with E-state index in [1.807, 2.05) is 48.7 Å². The number of likely N-dealkylation sites (tertiary alicyclic amines) is 1. The van der Waals surface area contributed by atoms with Crippen LogP contribution in [-0.2, 0) is 27.3 Å². The summed E-state index contributed by atoms with van der Waals surface area (Å²) >= 11 is 0. The van der Waals surface area contributed by atoms with Gasteiger partial charge in [-0.2, -0.15) is 0 Å². The van der Waals surface area contributed by atoms with Gasteiger partial charge in [0, 0.05) is 42.6 Å². The predicted molar refractivity (Wildman–Crippen MR) is 118 cm³/mol. The van der Waals surface area contributed by atoms with Crippen molar-refractivity contribution in [3.8, 4) is 0 Å². The molecule has 7 nitrogen and oxygen atoms in total. The number of carbonyl (C=O) groups excluding carboxylic acids is 2. The largest absolute Gasteiger partial charge is 0.361 e. The first-order valence-corrected chi connectivity index (χ1v) is 11.0. The molecule has 32 heavy (non-hydrogen) atoms. The maximum absolute atomic E-state index is 13.3. The van der Waals surface area contributed by atoms with Crippen LogP contribution >= 0.6 is 0 Å². The fourth-order valence-corrected chi connectivity index (χ4v) is 5.50. The number of pyridine rings is 1. The molecule has 2 amide bonds. The number of para-hydroxylation sites is 1. The number of aromatic nitrogens is 2. The predicted octanol–water partition coefficient (Wildman–Crippen LogP) is 2.20. The van der Waals surface area contributed by atoms with E-state index in [4.69, 9.17) is 4.74 Å². The van der Waals surface area contributed by atoms with Crippen LogP contribution in [0.4, 0.5) is 0 Å². The van der Waals surface area contributed by atoms with Crippen molar-refractivity contribution in [2.24, 2.45) is 11.8 Å². The zero-order chi connectivity index (χ0) is 21.7. The molecule has 2 saturated heterocycles. The molecule has 5 heterocycles. The van der Waals surface area contributed by atoms with E-state index in [0.717, 1.165) is 17.5 Å². The van der Waals surface area contributed by atoms with Crippen LogP contribution in [0.25, 0.3) is 10.9 Å². The molecule has 7 heteroatoms. The number of amides is 2. The van der Waals surface area contributed by atoms with Crippen LogP contribution in [0, 0.1) is 11.8 Å². The van der Waals surface area contributed by atoms with Crippen molar-refractivity contribution < 1.29 is 14.3 Å². The summed E-state index contributed by atoms with van der Waals surface area (Å²) < 4.78 is 6.21. The zero-order valence-electron chi connectivity index (χ0n) is 17.5. The van der Waals surface area contributed by atoms with Crippen molar-refractivity contribution >= 4 is 22.7 Å². The average molecular weight is 428 g/mol. The number of hydrogen-bond acceptors (Lipinski definition) is 4. The van der Waals surface area contributed by atoms with Crippen LogP contribution in [0.2, 0.25) is 0 Å². The van der Waals surface area contributed by atoms with Gasteiger partial charge in [-0.15, -0.1) is 0 Å². The summed E-state index contributed by atoms with van der Waals surface area (Å²) in [6.07, 6.45) is 9.77. The average Bonchev–Trinajstić information content (AvgIpc) is 3.55. The van der Waals surface area contributed by atoms with Crippen molar-refractivity contribution in [1.82, 2.24) is 20.2 Å². The summed E-state index contributed by atoms with van der Waals surface area (Å²) in [5.41, 5.74) is 2.59. The number of H-pyrrole nitrogens is 1. The summed E-state index contributed by atoms with van der Waals surface area (Å²) in [5, 5.41) is 4.23. The lowest BCUT2D eigenvalue weighted by Crippen LogP contribution is -2.44. The second-order valence-electron chi connectivity index (χ2n) is 8.85. The molecule has 3 unspecified atom stereocenters. The molecule has 0 radical (unpaired) electrons. The highest BCUT2D eigenvalue weighted by Crippen LogP contribution is 2.52. The van der Waals surface area contributed by atoms with Crippen LogP contribution < -0.4 is 5.32 Å². The first-order valence-electron chi connectivity index (χ1n) is 11.0. The van der Waals surface area contributed by atoms with Gasteiger partial charge in [0.05, 0.1) is 24.5 Å². The van der Waals surface area contributed by atoms with Crippen molar-refractivity contribution in [2.45, 2.75) is 24.7 Å². The molecular formula is C25H24N4O3. The number of hydrogen-bond donors (Lipinski definition) is 2. The van der Waals surface area contributed by atoms with E-state index in [9.17, 15) is 9.59 Å². The number of fused-ring (bicyclic) bond motifs is 2. The van der Waals surface area contributed by atoms with E-state index in [0.29, 0.717) is 19.6 Å². The molecule has 1 aromatic carbocycles. The minimum absolute atomic E-state index is 0.00885. The summed E-state index contributed by atoms with van der Waals surface area (Å²) in [4.78, 5) is 35.6. The minimum atomic E-state index is -0.687. The van der Waals surface area contributed by atoms with E-state index in [1.54, 1.807) is 17.3 Å².